The van der Waals surface area contributed by atoms with Gasteiger partial charge in [0.1, 0.15) is 0 Å². The molecule has 0 aromatic heterocycles. The topological polar surface area (TPSA) is 55.8 Å². The van der Waals surface area contributed by atoms with Crippen molar-refractivity contribution in [3.8, 4) is 11.5 Å². The molecule has 1 saturated carbocycles. The Bertz CT molecular complexity index is 527. The lowest BCUT2D eigenvalue weighted by atomic mass is 10.00. The second kappa shape index (κ2) is 7.42. The van der Waals surface area contributed by atoms with Crippen LogP contribution in [0.2, 0.25) is 0 Å². The molecule has 0 bridgehead atoms. The summed E-state index contributed by atoms with van der Waals surface area (Å²) >= 11 is 0. The summed E-state index contributed by atoms with van der Waals surface area (Å²) in [6.07, 6.45) is 4.17. The summed E-state index contributed by atoms with van der Waals surface area (Å²) in [4.78, 5) is 11.4. The first-order valence-electron chi connectivity index (χ1n) is 7.49. The van der Waals surface area contributed by atoms with Crippen LogP contribution in [-0.4, -0.2) is 24.3 Å². The molecule has 4 nitrogen and oxygen atoms in total. The fraction of sp³-hybridized carbons (Fsp3) is 0.562. The molecule has 1 aliphatic rings. The number of carbonyl (C=O) groups is 1. The molecule has 1 N–H and O–H groups in total. The lowest BCUT2D eigenvalue weighted by Gasteiger charge is -2.18. The van der Waals surface area contributed by atoms with Gasteiger partial charge in [0.25, 0.3) is 0 Å². The van der Waals surface area contributed by atoms with Gasteiger partial charge < -0.3 is 14.6 Å². The third-order valence-corrected chi connectivity index (χ3v) is 3.61. The van der Waals surface area contributed by atoms with Crippen LogP contribution in [0.4, 0.5) is 8.78 Å². The molecule has 0 spiro atoms. The summed E-state index contributed by atoms with van der Waals surface area (Å²) in [6, 6.07) is 2.54. The smallest absolute Gasteiger partial charge is 0.387 e. The van der Waals surface area contributed by atoms with Gasteiger partial charge in [0.2, 0.25) is 0 Å². The van der Waals surface area contributed by atoms with Crippen LogP contribution in [0.15, 0.2) is 12.1 Å². The van der Waals surface area contributed by atoms with Crippen LogP contribution in [0.25, 0.3) is 0 Å². The van der Waals surface area contributed by atoms with Gasteiger partial charge in [-0.1, -0.05) is 13.3 Å². The largest absolute Gasteiger partial charge is 0.489 e. The third-order valence-electron chi connectivity index (χ3n) is 3.61. The Kier molecular flexibility index (Phi) is 5.57. The zero-order valence-electron chi connectivity index (χ0n) is 12.5. The van der Waals surface area contributed by atoms with E-state index in [0.29, 0.717) is 24.5 Å². The van der Waals surface area contributed by atoms with Crippen molar-refractivity contribution in [1.82, 2.24) is 0 Å². The minimum absolute atomic E-state index is 0.0841. The maximum absolute atomic E-state index is 12.6. The number of halogens is 2. The first-order chi connectivity index (χ1) is 10.5. The van der Waals surface area contributed by atoms with Gasteiger partial charge >= 0.3 is 12.6 Å². The Morgan fingerprint density at radius 2 is 2.14 bits per heavy atom. The van der Waals surface area contributed by atoms with Gasteiger partial charge in [-0.25, -0.2) is 4.79 Å². The molecule has 2 rings (SSSR count). The van der Waals surface area contributed by atoms with Gasteiger partial charge in [0.15, 0.2) is 11.5 Å². The molecular weight excluding hydrogens is 294 g/mol. The summed E-state index contributed by atoms with van der Waals surface area (Å²) in [5.74, 6) is -0.606. The first kappa shape index (κ1) is 16.5. The Labute approximate surface area is 128 Å². The average molecular weight is 314 g/mol. The van der Waals surface area contributed by atoms with Crippen LogP contribution in [0, 0.1) is 5.92 Å². The minimum atomic E-state index is -2.97. The van der Waals surface area contributed by atoms with E-state index in [0.717, 1.165) is 25.7 Å². The molecule has 0 aliphatic heterocycles. The summed E-state index contributed by atoms with van der Waals surface area (Å²) in [7, 11) is 0. The lowest BCUT2D eigenvalue weighted by Crippen LogP contribution is -2.11. The maximum atomic E-state index is 12.6. The van der Waals surface area contributed by atoms with E-state index in [1.807, 2.05) is 6.92 Å². The van der Waals surface area contributed by atoms with Crippen molar-refractivity contribution in [3.63, 3.8) is 0 Å². The number of hydrogen-bond acceptors (Lipinski definition) is 3. The highest BCUT2D eigenvalue weighted by molar-refractivity contribution is 5.90. The summed E-state index contributed by atoms with van der Waals surface area (Å²) in [5, 5.41) is 9.31. The number of unbranched alkanes of at least 4 members (excludes halogenated alkanes) is 1. The number of ether oxygens (including phenoxy) is 2. The Balaban J connectivity index is 2.36. The number of carboxylic acids is 1. The number of carboxylic acid groups (broad SMARTS) is 1. The van der Waals surface area contributed by atoms with E-state index in [-0.39, 0.29) is 17.1 Å². The van der Waals surface area contributed by atoms with E-state index in [2.05, 4.69) is 4.74 Å². The van der Waals surface area contributed by atoms with Crippen LogP contribution in [0.3, 0.4) is 0 Å². The summed E-state index contributed by atoms with van der Waals surface area (Å²) in [6.45, 7) is -0.593. The van der Waals surface area contributed by atoms with Crippen molar-refractivity contribution in [1.29, 1.82) is 0 Å². The van der Waals surface area contributed by atoms with Crippen molar-refractivity contribution < 1.29 is 28.2 Å². The van der Waals surface area contributed by atoms with Crippen molar-refractivity contribution in [2.45, 2.75) is 45.6 Å². The van der Waals surface area contributed by atoms with Crippen molar-refractivity contribution >= 4 is 5.97 Å². The number of alkyl halides is 2. The Hall–Kier alpha value is -1.85. The molecule has 0 atom stereocenters. The molecular formula is C16H20F2O4. The summed E-state index contributed by atoms with van der Waals surface area (Å²) in [5.41, 5.74) is 0.522. The normalized spacial score (nSPS) is 14.2. The van der Waals surface area contributed by atoms with Gasteiger partial charge in [-0.15, -0.1) is 0 Å². The maximum Gasteiger partial charge on any atom is 0.387 e. The quantitative estimate of drug-likeness (QED) is 0.745. The Morgan fingerprint density at radius 3 is 2.68 bits per heavy atom. The molecule has 0 radical (unpaired) electrons. The van der Waals surface area contributed by atoms with Crippen molar-refractivity contribution in [3.05, 3.63) is 23.3 Å². The molecule has 0 saturated heterocycles. The van der Waals surface area contributed by atoms with Gasteiger partial charge in [-0.2, -0.15) is 8.78 Å². The molecule has 6 heteroatoms. The molecule has 1 fully saturated rings. The molecule has 1 aromatic rings. The van der Waals surface area contributed by atoms with Crippen molar-refractivity contribution in [2.75, 3.05) is 6.61 Å². The number of rotatable bonds is 9. The SMILES string of the molecule is CCCCc1c(C(=O)O)ccc(OC(F)F)c1OCC1CC1. The molecule has 122 valence electrons. The predicted molar refractivity (Wildman–Crippen MR) is 76.9 cm³/mol. The highest BCUT2D eigenvalue weighted by Gasteiger charge is 2.26. The third kappa shape index (κ3) is 4.32. The van der Waals surface area contributed by atoms with Gasteiger partial charge in [0.05, 0.1) is 12.2 Å². The van der Waals surface area contributed by atoms with E-state index in [9.17, 15) is 18.7 Å². The van der Waals surface area contributed by atoms with Crippen LogP contribution in [-0.2, 0) is 6.42 Å². The monoisotopic (exact) mass is 314 g/mol. The number of benzene rings is 1. The predicted octanol–water partition coefficient (Wildman–Crippen LogP) is 4.12. The van der Waals surface area contributed by atoms with Crippen LogP contribution in [0.5, 0.6) is 11.5 Å². The molecule has 0 unspecified atom stereocenters. The van der Waals surface area contributed by atoms with Crippen LogP contribution < -0.4 is 9.47 Å². The number of aromatic carboxylic acids is 1. The van der Waals surface area contributed by atoms with E-state index < -0.39 is 12.6 Å². The second-order valence-electron chi connectivity index (χ2n) is 5.46. The van der Waals surface area contributed by atoms with E-state index in [1.54, 1.807) is 0 Å². The highest BCUT2D eigenvalue weighted by Crippen LogP contribution is 2.38. The lowest BCUT2D eigenvalue weighted by molar-refractivity contribution is -0.0516. The average Bonchev–Trinajstić information content (AvgIpc) is 3.27. The first-order valence-corrected chi connectivity index (χ1v) is 7.49. The zero-order valence-corrected chi connectivity index (χ0v) is 12.5. The zero-order chi connectivity index (χ0) is 16.1. The minimum Gasteiger partial charge on any atom is -0.489 e. The van der Waals surface area contributed by atoms with E-state index in [1.165, 1.54) is 12.1 Å². The molecule has 22 heavy (non-hydrogen) atoms. The van der Waals surface area contributed by atoms with Gasteiger partial charge in [0, 0.05) is 5.56 Å². The fourth-order valence-electron chi connectivity index (χ4n) is 2.24. The van der Waals surface area contributed by atoms with Gasteiger partial charge in [-0.05, 0) is 43.7 Å². The van der Waals surface area contributed by atoms with E-state index in [4.69, 9.17) is 4.74 Å². The van der Waals surface area contributed by atoms with Crippen LogP contribution in [0.1, 0.15) is 48.5 Å². The standard InChI is InChI=1S/C16H20F2O4/c1-2-3-4-11-12(15(19)20)7-8-13(22-16(17)18)14(11)21-9-10-5-6-10/h7-8,10,16H,2-6,9H2,1H3,(H,19,20). The summed E-state index contributed by atoms with van der Waals surface area (Å²) < 4.78 is 35.3. The molecule has 0 heterocycles. The molecule has 0 amide bonds. The fourth-order valence-corrected chi connectivity index (χ4v) is 2.24. The Morgan fingerprint density at radius 1 is 1.41 bits per heavy atom. The highest BCUT2D eigenvalue weighted by atomic mass is 19.3. The molecule has 1 aliphatic carbocycles. The van der Waals surface area contributed by atoms with Gasteiger partial charge in [-0.3, -0.25) is 0 Å². The van der Waals surface area contributed by atoms with Crippen LogP contribution >= 0.6 is 0 Å². The second-order valence-corrected chi connectivity index (χ2v) is 5.46. The van der Waals surface area contributed by atoms with Crippen molar-refractivity contribution in [2.24, 2.45) is 5.92 Å². The number of hydrogen-bond donors (Lipinski definition) is 1. The molecule has 1 aromatic carbocycles. The van der Waals surface area contributed by atoms with E-state index >= 15 is 0 Å².